The van der Waals surface area contributed by atoms with E-state index in [1.807, 2.05) is 6.92 Å². The van der Waals surface area contributed by atoms with Crippen molar-refractivity contribution in [1.82, 2.24) is 0 Å². The minimum absolute atomic E-state index is 0.314. The molecule has 3 unspecified atom stereocenters. The second-order valence-corrected chi connectivity index (χ2v) is 6.02. The van der Waals surface area contributed by atoms with E-state index >= 15 is 0 Å². The molecule has 0 saturated heterocycles. The zero-order valence-electron chi connectivity index (χ0n) is 9.18. The summed E-state index contributed by atoms with van der Waals surface area (Å²) in [4.78, 5) is 11.2. The summed E-state index contributed by atoms with van der Waals surface area (Å²) in [6.45, 7) is 4.21. The van der Waals surface area contributed by atoms with Crippen LogP contribution in [-0.2, 0) is 4.79 Å². The summed E-state index contributed by atoms with van der Waals surface area (Å²) in [5, 5.41) is 9.27. The van der Waals surface area contributed by atoms with Crippen LogP contribution in [-0.4, -0.2) is 11.1 Å². The van der Waals surface area contributed by atoms with Gasteiger partial charge >= 0.3 is 5.97 Å². The van der Waals surface area contributed by atoms with Gasteiger partial charge in [0, 0.05) is 0 Å². The first-order valence-electron chi connectivity index (χ1n) is 5.67. The smallest absolute Gasteiger partial charge is 0.309 e. The first-order valence-corrected chi connectivity index (χ1v) is 5.67. The van der Waals surface area contributed by atoms with Crippen molar-refractivity contribution < 1.29 is 9.90 Å². The average molecular weight is 196 g/mol. The van der Waals surface area contributed by atoms with Crippen molar-refractivity contribution in [3.05, 3.63) is 0 Å². The minimum atomic E-state index is -0.588. The molecule has 2 saturated carbocycles. The van der Waals surface area contributed by atoms with Crippen LogP contribution in [0.4, 0.5) is 0 Å². The molecule has 14 heavy (non-hydrogen) atoms. The lowest BCUT2D eigenvalue weighted by atomic mass is 9.55. The fourth-order valence-corrected chi connectivity index (χ4v) is 3.87. The molecule has 2 nitrogen and oxygen atoms in total. The molecule has 0 aromatic heterocycles. The van der Waals surface area contributed by atoms with Crippen LogP contribution in [0.2, 0.25) is 0 Å². The van der Waals surface area contributed by atoms with Crippen LogP contribution in [0, 0.1) is 16.7 Å². The fourth-order valence-electron chi connectivity index (χ4n) is 3.87. The Morgan fingerprint density at radius 1 is 1.36 bits per heavy atom. The molecule has 0 amide bonds. The Kier molecular flexibility index (Phi) is 2.13. The summed E-state index contributed by atoms with van der Waals surface area (Å²) in [5.74, 6) is 0.0823. The average Bonchev–Trinajstić information content (AvgIpc) is 2.00. The zero-order chi connectivity index (χ0) is 10.4. The lowest BCUT2D eigenvalue weighted by Crippen LogP contribution is -2.44. The summed E-state index contributed by atoms with van der Waals surface area (Å²) < 4.78 is 0. The predicted molar refractivity (Wildman–Crippen MR) is 55.0 cm³/mol. The second-order valence-electron chi connectivity index (χ2n) is 6.02. The number of hydrogen-bond acceptors (Lipinski definition) is 1. The molecule has 0 aromatic rings. The van der Waals surface area contributed by atoms with Crippen molar-refractivity contribution in [1.29, 1.82) is 0 Å². The molecule has 2 rings (SSSR count). The Hall–Kier alpha value is -0.530. The van der Waals surface area contributed by atoms with Crippen molar-refractivity contribution in [2.24, 2.45) is 16.7 Å². The van der Waals surface area contributed by atoms with Crippen molar-refractivity contribution in [3.63, 3.8) is 0 Å². The van der Waals surface area contributed by atoms with Gasteiger partial charge in [0.05, 0.1) is 5.41 Å². The van der Waals surface area contributed by atoms with Gasteiger partial charge in [-0.3, -0.25) is 4.79 Å². The molecule has 2 heteroatoms. The molecule has 0 aliphatic heterocycles. The van der Waals surface area contributed by atoms with Crippen molar-refractivity contribution >= 4 is 5.97 Å². The highest BCUT2D eigenvalue weighted by Gasteiger charge is 2.48. The maximum atomic E-state index is 11.2. The van der Waals surface area contributed by atoms with Crippen molar-refractivity contribution in [3.8, 4) is 0 Å². The molecule has 2 bridgehead atoms. The summed E-state index contributed by atoms with van der Waals surface area (Å²) in [7, 11) is 0. The third kappa shape index (κ3) is 1.55. The van der Waals surface area contributed by atoms with E-state index in [9.17, 15) is 9.90 Å². The lowest BCUT2D eigenvalue weighted by molar-refractivity contribution is -0.155. The van der Waals surface area contributed by atoms with Crippen molar-refractivity contribution in [2.45, 2.75) is 52.4 Å². The number of carboxylic acids is 1. The third-order valence-corrected chi connectivity index (χ3v) is 4.25. The van der Waals surface area contributed by atoms with Gasteiger partial charge in [-0.2, -0.15) is 0 Å². The van der Waals surface area contributed by atoms with Crippen LogP contribution in [0.5, 0.6) is 0 Å². The van der Waals surface area contributed by atoms with E-state index in [0.29, 0.717) is 11.3 Å². The molecular weight excluding hydrogens is 176 g/mol. The predicted octanol–water partition coefficient (Wildman–Crippen LogP) is 3.07. The maximum Gasteiger partial charge on any atom is 0.309 e. The molecule has 2 aliphatic rings. The quantitative estimate of drug-likeness (QED) is 0.699. The summed E-state index contributed by atoms with van der Waals surface area (Å²) >= 11 is 0. The number of rotatable bonds is 1. The van der Waals surface area contributed by atoms with Crippen LogP contribution < -0.4 is 0 Å². The Morgan fingerprint density at radius 3 is 2.64 bits per heavy atom. The molecule has 2 fully saturated rings. The highest BCUT2D eigenvalue weighted by atomic mass is 16.4. The SMILES string of the molecule is CC12CCCC(C1)CC(C)(C(=O)O)C2. The standard InChI is InChI=1S/C12H20O2/c1-11-5-3-4-9(6-11)7-12(2,8-11)10(13)14/h9H,3-8H2,1-2H3,(H,13,14). The minimum Gasteiger partial charge on any atom is -0.481 e. The number of carboxylic acid groups (broad SMARTS) is 1. The summed E-state index contributed by atoms with van der Waals surface area (Å²) in [5.41, 5.74) is -0.133. The van der Waals surface area contributed by atoms with E-state index in [1.165, 1.54) is 25.7 Å². The third-order valence-electron chi connectivity index (χ3n) is 4.25. The number of aliphatic carboxylic acids is 1. The molecule has 0 aromatic carbocycles. The molecule has 1 N–H and O–H groups in total. The maximum absolute atomic E-state index is 11.2. The highest BCUT2D eigenvalue weighted by molar-refractivity contribution is 5.74. The fraction of sp³-hybridized carbons (Fsp3) is 0.917. The van der Waals surface area contributed by atoms with E-state index in [-0.39, 0.29) is 0 Å². The van der Waals surface area contributed by atoms with Gasteiger partial charge in [0.15, 0.2) is 0 Å². The number of hydrogen-bond donors (Lipinski definition) is 1. The Bertz CT molecular complexity index is 261. The molecule has 0 radical (unpaired) electrons. The van der Waals surface area contributed by atoms with Gasteiger partial charge in [-0.05, 0) is 43.9 Å². The highest BCUT2D eigenvalue weighted by Crippen LogP contribution is 2.55. The van der Waals surface area contributed by atoms with Crippen LogP contribution >= 0.6 is 0 Å². The van der Waals surface area contributed by atoms with Gasteiger partial charge in [0.25, 0.3) is 0 Å². The molecule has 3 atom stereocenters. The molecule has 2 aliphatic carbocycles. The Labute approximate surface area is 85.7 Å². The lowest BCUT2D eigenvalue weighted by Gasteiger charge is -2.49. The Balaban J connectivity index is 2.22. The summed E-state index contributed by atoms with van der Waals surface area (Å²) in [6.07, 6.45) is 6.82. The van der Waals surface area contributed by atoms with Gasteiger partial charge in [0.1, 0.15) is 0 Å². The molecular formula is C12H20O2. The van der Waals surface area contributed by atoms with E-state index < -0.39 is 11.4 Å². The first-order chi connectivity index (χ1) is 6.44. The van der Waals surface area contributed by atoms with Crippen LogP contribution in [0.25, 0.3) is 0 Å². The van der Waals surface area contributed by atoms with Crippen molar-refractivity contribution in [2.75, 3.05) is 0 Å². The molecule has 80 valence electrons. The topological polar surface area (TPSA) is 37.3 Å². The van der Waals surface area contributed by atoms with Crippen LogP contribution in [0.3, 0.4) is 0 Å². The number of fused-ring (bicyclic) bond motifs is 2. The zero-order valence-corrected chi connectivity index (χ0v) is 9.18. The second kappa shape index (κ2) is 2.98. The first kappa shape index (κ1) is 10.0. The number of carbonyl (C=O) groups is 1. The largest absolute Gasteiger partial charge is 0.481 e. The van der Waals surface area contributed by atoms with E-state index in [1.54, 1.807) is 0 Å². The van der Waals surface area contributed by atoms with Crippen LogP contribution in [0.15, 0.2) is 0 Å². The van der Waals surface area contributed by atoms with Gasteiger partial charge in [-0.25, -0.2) is 0 Å². The van der Waals surface area contributed by atoms with Gasteiger partial charge in [0.2, 0.25) is 0 Å². The van der Waals surface area contributed by atoms with Crippen LogP contribution in [0.1, 0.15) is 52.4 Å². The summed E-state index contributed by atoms with van der Waals surface area (Å²) in [6, 6.07) is 0. The van der Waals surface area contributed by atoms with Gasteiger partial charge < -0.3 is 5.11 Å². The normalized spacial score (nSPS) is 47.4. The monoisotopic (exact) mass is 196 g/mol. The van der Waals surface area contributed by atoms with E-state index in [4.69, 9.17) is 0 Å². The Morgan fingerprint density at radius 2 is 2.07 bits per heavy atom. The molecule has 0 spiro atoms. The van der Waals surface area contributed by atoms with Gasteiger partial charge in [-0.15, -0.1) is 0 Å². The van der Waals surface area contributed by atoms with E-state index in [0.717, 1.165) is 12.8 Å². The molecule has 0 heterocycles. The van der Waals surface area contributed by atoms with Gasteiger partial charge in [-0.1, -0.05) is 19.8 Å². The van der Waals surface area contributed by atoms with E-state index in [2.05, 4.69) is 6.92 Å².